The molecule has 4 rings (SSSR count). The molecule has 1 aliphatic rings. The van der Waals surface area contributed by atoms with E-state index in [1.165, 1.54) is 17.3 Å². The van der Waals surface area contributed by atoms with Gasteiger partial charge in [0.25, 0.3) is 0 Å². The van der Waals surface area contributed by atoms with Crippen LogP contribution in [0.4, 0.5) is 22.0 Å². The number of hydrogen-bond acceptors (Lipinski definition) is 6. The first-order valence-electron chi connectivity index (χ1n) is 11.4. The number of nitrogens with zero attached hydrogens (tertiary/aromatic N) is 3. The number of pyridine rings is 2. The first-order chi connectivity index (χ1) is 16.4. The van der Waals surface area contributed by atoms with Crippen molar-refractivity contribution in [1.82, 2.24) is 20.2 Å². The smallest absolute Gasteiger partial charge is 0.320 e. The van der Waals surface area contributed by atoms with Crippen LogP contribution in [0.2, 0.25) is 0 Å². The Kier molecular flexibility index (Phi) is 6.88. The number of carbonyl (C=O) groups is 1. The van der Waals surface area contributed by atoms with E-state index in [2.05, 4.69) is 63.8 Å². The number of urea groups is 1. The molecule has 1 aromatic carbocycles. The Morgan fingerprint density at radius 2 is 1.97 bits per heavy atom. The van der Waals surface area contributed by atoms with Gasteiger partial charge in [0.1, 0.15) is 5.82 Å². The number of carbonyl (C=O) groups excluding carboxylic acids is 1. The number of anilines is 3. The van der Waals surface area contributed by atoms with E-state index in [1.807, 2.05) is 31.2 Å². The van der Waals surface area contributed by atoms with E-state index in [-0.39, 0.29) is 24.0 Å². The predicted octanol–water partition coefficient (Wildman–Crippen LogP) is 4.44. The van der Waals surface area contributed by atoms with Crippen molar-refractivity contribution in [1.29, 1.82) is 5.41 Å². The average Bonchev–Trinajstić information content (AvgIpc) is 3.08. The van der Waals surface area contributed by atoms with Crippen molar-refractivity contribution in [3.63, 3.8) is 0 Å². The molecule has 1 aliphatic heterocycles. The molecule has 4 N–H and O–H groups in total. The van der Waals surface area contributed by atoms with Gasteiger partial charge in [0, 0.05) is 47.9 Å². The molecule has 2 amide bonds. The molecule has 1 fully saturated rings. The van der Waals surface area contributed by atoms with Gasteiger partial charge in [-0.1, -0.05) is 24.3 Å². The van der Waals surface area contributed by atoms with Gasteiger partial charge in [0.15, 0.2) is 0 Å². The molecule has 0 unspecified atom stereocenters. The fourth-order valence-electron chi connectivity index (χ4n) is 4.56. The summed E-state index contributed by atoms with van der Waals surface area (Å²) in [6, 6.07) is 13.6. The minimum atomic E-state index is -0.306. The van der Waals surface area contributed by atoms with Crippen LogP contribution in [0, 0.1) is 19.3 Å². The summed E-state index contributed by atoms with van der Waals surface area (Å²) >= 11 is 0. The molecule has 34 heavy (non-hydrogen) atoms. The normalized spacial score (nSPS) is 20.1. The highest BCUT2D eigenvalue weighted by molar-refractivity contribution is 5.92. The lowest BCUT2D eigenvalue weighted by atomic mass is 9.89. The molecule has 0 bridgehead atoms. The number of aromatic nitrogens is 2. The van der Waals surface area contributed by atoms with Crippen LogP contribution in [0.15, 0.2) is 54.9 Å². The monoisotopic (exact) mass is 457 g/mol. The van der Waals surface area contributed by atoms with Crippen LogP contribution in [0.25, 0.3) is 0 Å². The van der Waals surface area contributed by atoms with Crippen molar-refractivity contribution in [2.24, 2.45) is 0 Å². The molecular formula is C26H31N7O. The van der Waals surface area contributed by atoms with Crippen molar-refractivity contribution in [2.75, 3.05) is 24.2 Å². The minimum absolute atomic E-state index is 0.0378. The number of nitrogens with one attached hydrogen (secondary N) is 4. The molecule has 1 saturated heterocycles. The fourth-order valence-corrected chi connectivity index (χ4v) is 4.56. The molecule has 0 saturated carbocycles. The maximum absolute atomic E-state index is 12.9. The number of likely N-dealkylation sites (tertiary alicyclic amines) is 1. The highest BCUT2D eigenvalue weighted by Gasteiger charge is 2.39. The van der Waals surface area contributed by atoms with E-state index in [9.17, 15) is 4.79 Å². The Bertz CT molecular complexity index is 1200. The number of hydrogen-bond donors (Lipinski definition) is 4. The lowest BCUT2D eigenvalue weighted by molar-refractivity contribution is 0.242. The Morgan fingerprint density at radius 1 is 1.18 bits per heavy atom. The number of amides is 2. The maximum Gasteiger partial charge on any atom is 0.320 e. The van der Waals surface area contributed by atoms with E-state index in [0.29, 0.717) is 17.1 Å². The van der Waals surface area contributed by atoms with Gasteiger partial charge >= 0.3 is 6.03 Å². The third kappa shape index (κ3) is 5.07. The molecule has 176 valence electrons. The molecule has 8 heteroatoms. The maximum atomic E-state index is 12.9. The molecule has 0 radical (unpaired) electrons. The van der Waals surface area contributed by atoms with Gasteiger partial charge in [-0.3, -0.25) is 10.3 Å². The summed E-state index contributed by atoms with van der Waals surface area (Å²) in [5, 5.41) is 17.1. The second-order valence-corrected chi connectivity index (χ2v) is 8.88. The second kappa shape index (κ2) is 10.0. The molecule has 3 aromatic rings. The SMILES string of the molecule is Cc1cc(Nc2cnc(NC(=O)N[C@H]3[C@H](c4ccccc4C)CN(C)[C@H]3C)cc2C=N)ccn1. The van der Waals surface area contributed by atoms with Crippen LogP contribution in [-0.2, 0) is 0 Å². The summed E-state index contributed by atoms with van der Waals surface area (Å²) in [5.41, 5.74) is 5.53. The van der Waals surface area contributed by atoms with Crippen LogP contribution in [0.3, 0.4) is 0 Å². The molecule has 2 aromatic heterocycles. The van der Waals surface area contributed by atoms with E-state index in [4.69, 9.17) is 5.41 Å². The fraction of sp³-hybridized carbons (Fsp3) is 0.308. The summed E-state index contributed by atoms with van der Waals surface area (Å²) in [6.07, 6.45) is 4.58. The lowest BCUT2D eigenvalue weighted by Crippen LogP contribution is -2.46. The third-order valence-electron chi connectivity index (χ3n) is 6.53. The van der Waals surface area contributed by atoms with Crippen molar-refractivity contribution in [3.05, 3.63) is 77.2 Å². The van der Waals surface area contributed by atoms with Crippen LogP contribution in [0.5, 0.6) is 0 Å². The van der Waals surface area contributed by atoms with Crippen LogP contribution in [0.1, 0.15) is 35.2 Å². The Balaban J connectivity index is 1.47. The van der Waals surface area contributed by atoms with Crippen molar-refractivity contribution in [3.8, 4) is 0 Å². The zero-order chi connectivity index (χ0) is 24.2. The predicted molar refractivity (Wildman–Crippen MR) is 136 cm³/mol. The van der Waals surface area contributed by atoms with Gasteiger partial charge < -0.3 is 20.9 Å². The van der Waals surface area contributed by atoms with E-state index in [1.54, 1.807) is 18.5 Å². The summed E-state index contributed by atoms with van der Waals surface area (Å²) in [6.45, 7) is 7.04. The summed E-state index contributed by atoms with van der Waals surface area (Å²) in [4.78, 5) is 23.8. The number of likely N-dealkylation sites (N-methyl/N-ethyl adjacent to an activating group) is 1. The molecule has 3 atom stereocenters. The Labute approximate surface area is 200 Å². The standard InChI is InChI=1S/C26H31N7O/c1-16-7-5-6-8-21(16)22-15-33(4)18(3)25(22)32-26(34)31-24-12-19(13-27)23(14-29-24)30-20-9-10-28-17(2)11-20/h5-14,18,22,25,27H,15H2,1-4H3,(H,28,30)(H2,29,31,32,34)/t18-,22-,25+/m0/s1. The van der Waals surface area contributed by atoms with E-state index in [0.717, 1.165) is 17.9 Å². The van der Waals surface area contributed by atoms with Gasteiger partial charge in [-0.15, -0.1) is 0 Å². The molecule has 0 spiro atoms. The first-order valence-corrected chi connectivity index (χ1v) is 11.4. The first kappa shape index (κ1) is 23.4. The van der Waals surface area contributed by atoms with Gasteiger partial charge in [-0.2, -0.15) is 0 Å². The minimum Gasteiger partial charge on any atom is -0.354 e. The molecular weight excluding hydrogens is 426 g/mol. The number of benzene rings is 1. The molecule has 8 nitrogen and oxygen atoms in total. The van der Waals surface area contributed by atoms with Crippen LogP contribution in [-0.4, -0.2) is 52.8 Å². The highest BCUT2D eigenvalue weighted by Crippen LogP contribution is 2.33. The average molecular weight is 458 g/mol. The van der Waals surface area contributed by atoms with Crippen molar-refractivity contribution in [2.45, 2.75) is 38.8 Å². The second-order valence-electron chi connectivity index (χ2n) is 8.88. The molecule has 0 aliphatic carbocycles. The quantitative estimate of drug-likeness (QED) is 0.410. The van der Waals surface area contributed by atoms with Gasteiger partial charge in [0.2, 0.25) is 0 Å². The van der Waals surface area contributed by atoms with Crippen molar-refractivity contribution >= 4 is 29.4 Å². The van der Waals surface area contributed by atoms with Gasteiger partial charge in [0.05, 0.1) is 17.9 Å². The van der Waals surface area contributed by atoms with Gasteiger partial charge in [-0.05, 0) is 57.1 Å². The largest absolute Gasteiger partial charge is 0.354 e. The number of rotatable bonds is 6. The topological polar surface area (TPSA) is 106 Å². The summed E-state index contributed by atoms with van der Waals surface area (Å²) < 4.78 is 0. The highest BCUT2D eigenvalue weighted by atomic mass is 16.2. The van der Waals surface area contributed by atoms with Gasteiger partial charge in [-0.25, -0.2) is 9.78 Å². The van der Waals surface area contributed by atoms with Crippen LogP contribution >= 0.6 is 0 Å². The zero-order valence-corrected chi connectivity index (χ0v) is 20.0. The lowest BCUT2D eigenvalue weighted by Gasteiger charge is -2.25. The van der Waals surface area contributed by atoms with Crippen LogP contribution < -0.4 is 16.0 Å². The number of aryl methyl sites for hydroxylation is 2. The Hall–Kier alpha value is -3.78. The van der Waals surface area contributed by atoms with Crippen molar-refractivity contribution < 1.29 is 4.79 Å². The Morgan fingerprint density at radius 3 is 2.71 bits per heavy atom. The molecule has 3 heterocycles. The zero-order valence-electron chi connectivity index (χ0n) is 20.0. The third-order valence-corrected chi connectivity index (χ3v) is 6.53. The van der Waals surface area contributed by atoms with E-state index < -0.39 is 0 Å². The van der Waals surface area contributed by atoms with E-state index >= 15 is 0 Å². The summed E-state index contributed by atoms with van der Waals surface area (Å²) in [5.74, 6) is 0.589. The summed E-state index contributed by atoms with van der Waals surface area (Å²) in [7, 11) is 2.09.